The van der Waals surface area contributed by atoms with Gasteiger partial charge in [-0.25, -0.2) is 8.42 Å². The van der Waals surface area contributed by atoms with Crippen molar-refractivity contribution in [2.45, 2.75) is 30.7 Å². The van der Waals surface area contributed by atoms with E-state index in [0.29, 0.717) is 28.9 Å². The molecule has 2 atom stereocenters. The van der Waals surface area contributed by atoms with E-state index >= 15 is 0 Å². The van der Waals surface area contributed by atoms with Gasteiger partial charge in [0.1, 0.15) is 0 Å². The van der Waals surface area contributed by atoms with Crippen LogP contribution in [0.25, 0.3) is 10.9 Å². The third-order valence-corrected chi connectivity index (χ3v) is 6.48. The molecule has 2 N–H and O–H groups in total. The quantitative estimate of drug-likeness (QED) is 0.938. The van der Waals surface area contributed by atoms with Crippen LogP contribution in [0.3, 0.4) is 0 Å². The van der Waals surface area contributed by atoms with Crippen molar-refractivity contribution in [2.24, 2.45) is 11.7 Å². The van der Waals surface area contributed by atoms with Gasteiger partial charge in [-0.2, -0.15) is 4.31 Å². The molecule has 2 aromatic rings. The maximum atomic E-state index is 13.2. The van der Waals surface area contributed by atoms with E-state index in [1.54, 1.807) is 34.8 Å². The van der Waals surface area contributed by atoms with E-state index < -0.39 is 10.0 Å². The van der Waals surface area contributed by atoms with Crippen molar-refractivity contribution < 1.29 is 8.42 Å². The normalized spacial score (nSPS) is 23.7. The highest BCUT2D eigenvalue weighted by atomic mass is 32.2. The zero-order valence-electron chi connectivity index (χ0n) is 12.6. The molecule has 0 unspecified atom stereocenters. The first-order valence-corrected chi connectivity index (χ1v) is 9.05. The first-order chi connectivity index (χ1) is 10.6. The Balaban J connectivity index is 2.12. The van der Waals surface area contributed by atoms with Gasteiger partial charge in [0.15, 0.2) is 0 Å². The number of pyridine rings is 1. The van der Waals surface area contributed by atoms with Gasteiger partial charge < -0.3 is 5.73 Å². The molecule has 1 aliphatic rings. The molecule has 0 spiro atoms. The van der Waals surface area contributed by atoms with Crippen molar-refractivity contribution in [2.75, 3.05) is 13.1 Å². The highest BCUT2D eigenvalue weighted by Crippen LogP contribution is 2.31. The fraction of sp³-hybridized carbons (Fsp3) is 0.438. The number of sulfonamides is 1. The Morgan fingerprint density at radius 1 is 1.32 bits per heavy atom. The second-order valence-electron chi connectivity index (χ2n) is 5.86. The molecule has 1 aromatic heterocycles. The Morgan fingerprint density at radius 3 is 2.91 bits per heavy atom. The van der Waals surface area contributed by atoms with Gasteiger partial charge in [-0.15, -0.1) is 0 Å². The summed E-state index contributed by atoms with van der Waals surface area (Å²) in [6, 6.07) is 8.67. The average Bonchev–Trinajstić information content (AvgIpc) is 2.54. The van der Waals surface area contributed by atoms with Crippen molar-refractivity contribution >= 4 is 20.9 Å². The van der Waals surface area contributed by atoms with Gasteiger partial charge in [0.2, 0.25) is 10.0 Å². The van der Waals surface area contributed by atoms with Gasteiger partial charge in [0.25, 0.3) is 0 Å². The monoisotopic (exact) mass is 319 g/mol. The minimum Gasteiger partial charge on any atom is -0.329 e. The number of rotatable bonds is 3. The molecule has 0 radical (unpaired) electrons. The fourth-order valence-corrected chi connectivity index (χ4v) is 5.26. The molecule has 1 aliphatic heterocycles. The number of nitrogens with zero attached hydrogens (tertiary/aromatic N) is 2. The Kier molecular flexibility index (Phi) is 4.16. The topological polar surface area (TPSA) is 76.3 Å². The summed E-state index contributed by atoms with van der Waals surface area (Å²) in [5, 5.41) is 0.666. The van der Waals surface area contributed by atoms with Crippen LogP contribution >= 0.6 is 0 Å². The van der Waals surface area contributed by atoms with E-state index in [4.69, 9.17) is 5.73 Å². The Labute approximate surface area is 131 Å². The van der Waals surface area contributed by atoms with E-state index in [9.17, 15) is 8.42 Å². The molecule has 22 heavy (non-hydrogen) atoms. The molecular weight excluding hydrogens is 298 g/mol. The van der Waals surface area contributed by atoms with Crippen LogP contribution in [0.2, 0.25) is 0 Å². The molecule has 0 saturated carbocycles. The molecule has 5 nitrogen and oxygen atoms in total. The van der Waals surface area contributed by atoms with Crippen molar-refractivity contribution in [1.82, 2.24) is 9.29 Å². The van der Waals surface area contributed by atoms with Gasteiger partial charge in [0.05, 0.1) is 10.4 Å². The first-order valence-electron chi connectivity index (χ1n) is 7.61. The molecular formula is C16H21N3O2S. The summed E-state index contributed by atoms with van der Waals surface area (Å²) in [6.45, 7) is 2.96. The van der Waals surface area contributed by atoms with Gasteiger partial charge in [-0.05, 0) is 43.0 Å². The molecule has 1 aromatic carbocycles. The Hall–Kier alpha value is -1.50. The molecule has 118 valence electrons. The van der Waals surface area contributed by atoms with E-state index in [-0.39, 0.29) is 12.0 Å². The van der Waals surface area contributed by atoms with Crippen LogP contribution in [-0.2, 0) is 10.0 Å². The van der Waals surface area contributed by atoms with Crippen LogP contribution in [0, 0.1) is 5.92 Å². The maximum Gasteiger partial charge on any atom is 0.244 e. The fourth-order valence-electron chi connectivity index (χ4n) is 3.29. The Bertz CT molecular complexity index is 771. The van der Waals surface area contributed by atoms with Gasteiger partial charge >= 0.3 is 0 Å². The van der Waals surface area contributed by atoms with Crippen molar-refractivity contribution in [3.8, 4) is 0 Å². The standard InChI is InChI=1S/C16H21N3O2S/c1-12-5-4-10-19(15(12)11-17)22(20,21)16-8-2-7-14-13(16)6-3-9-18-14/h2-3,6-9,12,15H,4-5,10-11,17H2,1H3/t12-,15-/m1/s1. The number of aromatic nitrogens is 1. The predicted octanol–water partition coefficient (Wildman–Crippen LogP) is 1.98. The lowest BCUT2D eigenvalue weighted by atomic mass is 9.93. The van der Waals surface area contributed by atoms with Crippen LogP contribution in [0.5, 0.6) is 0 Å². The van der Waals surface area contributed by atoms with Crippen LogP contribution in [0.15, 0.2) is 41.4 Å². The zero-order valence-corrected chi connectivity index (χ0v) is 13.5. The van der Waals surface area contributed by atoms with Gasteiger partial charge in [0, 0.05) is 30.7 Å². The van der Waals surface area contributed by atoms with Gasteiger partial charge in [-0.3, -0.25) is 4.98 Å². The maximum absolute atomic E-state index is 13.2. The lowest BCUT2D eigenvalue weighted by Crippen LogP contribution is -2.51. The predicted molar refractivity (Wildman–Crippen MR) is 86.9 cm³/mol. The van der Waals surface area contributed by atoms with Crippen LogP contribution in [0.4, 0.5) is 0 Å². The third-order valence-electron chi connectivity index (χ3n) is 4.50. The lowest BCUT2D eigenvalue weighted by molar-refractivity contribution is 0.192. The molecule has 6 heteroatoms. The molecule has 3 rings (SSSR count). The second-order valence-corrected chi connectivity index (χ2v) is 7.72. The first kappa shape index (κ1) is 15.4. The van der Waals surface area contributed by atoms with E-state index in [1.807, 2.05) is 6.07 Å². The van der Waals surface area contributed by atoms with E-state index in [0.717, 1.165) is 12.8 Å². The molecule has 2 heterocycles. The summed E-state index contributed by atoms with van der Waals surface area (Å²) in [6.07, 6.45) is 3.56. The van der Waals surface area contributed by atoms with E-state index in [1.165, 1.54) is 0 Å². The SMILES string of the molecule is C[C@@H]1CCCN(S(=O)(=O)c2cccc3ncccc23)[C@@H]1CN. The highest BCUT2D eigenvalue weighted by Gasteiger charge is 2.37. The smallest absolute Gasteiger partial charge is 0.244 e. The number of benzene rings is 1. The number of piperidine rings is 1. The summed E-state index contributed by atoms with van der Waals surface area (Å²) < 4.78 is 27.9. The summed E-state index contributed by atoms with van der Waals surface area (Å²) in [4.78, 5) is 4.57. The van der Waals surface area contributed by atoms with E-state index in [2.05, 4.69) is 11.9 Å². The summed E-state index contributed by atoms with van der Waals surface area (Å²) in [7, 11) is -3.57. The third kappa shape index (κ3) is 2.51. The molecule has 1 fully saturated rings. The molecule has 1 saturated heterocycles. The molecule has 0 bridgehead atoms. The average molecular weight is 319 g/mol. The van der Waals surface area contributed by atoms with Crippen LogP contribution in [-0.4, -0.2) is 36.8 Å². The largest absolute Gasteiger partial charge is 0.329 e. The summed E-state index contributed by atoms with van der Waals surface area (Å²) in [5.74, 6) is 0.279. The number of hydrogen-bond acceptors (Lipinski definition) is 4. The van der Waals surface area contributed by atoms with Crippen molar-refractivity contribution in [3.63, 3.8) is 0 Å². The number of hydrogen-bond donors (Lipinski definition) is 1. The Morgan fingerprint density at radius 2 is 2.14 bits per heavy atom. The minimum atomic E-state index is -3.57. The van der Waals surface area contributed by atoms with Crippen LogP contribution in [0.1, 0.15) is 19.8 Å². The molecule has 0 aliphatic carbocycles. The van der Waals surface area contributed by atoms with Crippen LogP contribution < -0.4 is 5.73 Å². The minimum absolute atomic E-state index is 0.134. The van der Waals surface area contributed by atoms with Gasteiger partial charge in [-0.1, -0.05) is 13.0 Å². The number of fused-ring (bicyclic) bond motifs is 1. The van der Waals surface area contributed by atoms with Crippen molar-refractivity contribution in [1.29, 1.82) is 0 Å². The second kappa shape index (κ2) is 5.95. The zero-order chi connectivity index (χ0) is 15.7. The molecule has 0 amide bonds. The van der Waals surface area contributed by atoms with Crippen molar-refractivity contribution in [3.05, 3.63) is 36.5 Å². The number of nitrogens with two attached hydrogens (primary N) is 1. The highest BCUT2D eigenvalue weighted by molar-refractivity contribution is 7.89. The summed E-state index contributed by atoms with van der Waals surface area (Å²) >= 11 is 0. The lowest BCUT2D eigenvalue weighted by Gasteiger charge is -2.38. The summed E-state index contributed by atoms with van der Waals surface area (Å²) in [5.41, 5.74) is 6.55.